The molecule has 19 heavy (non-hydrogen) atoms. The molecular weight excluding hydrogens is 256 g/mol. The molecule has 1 heterocycles. The van der Waals surface area contributed by atoms with Crippen LogP contribution in [0.4, 0.5) is 0 Å². The molecule has 0 saturated heterocycles. The number of rotatable bonds is 5. The lowest BCUT2D eigenvalue weighted by Gasteiger charge is -2.27. The number of phenols is 1. The Morgan fingerprint density at radius 3 is 2.79 bits per heavy atom. The lowest BCUT2D eigenvalue weighted by atomic mass is 10.1. The third kappa shape index (κ3) is 3.55. The second-order valence-corrected chi connectivity index (χ2v) is 5.75. The van der Waals surface area contributed by atoms with Crippen LogP contribution in [0.5, 0.6) is 5.75 Å². The summed E-state index contributed by atoms with van der Waals surface area (Å²) in [6.45, 7) is 8.14. The van der Waals surface area contributed by atoms with Crippen LogP contribution in [0.15, 0.2) is 29.6 Å². The molecule has 0 aliphatic carbocycles. The molecule has 0 radical (unpaired) electrons. The van der Waals surface area contributed by atoms with E-state index >= 15 is 0 Å². The summed E-state index contributed by atoms with van der Waals surface area (Å²) in [5.74, 6) is 0.324. The van der Waals surface area contributed by atoms with Crippen LogP contribution in [0.25, 0.3) is 0 Å². The van der Waals surface area contributed by atoms with E-state index in [4.69, 9.17) is 0 Å². The average Bonchev–Trinajstić information content (AvgIpc) is 2.81. The summed E-state index contributed by atoms with van der Waals surface area (Å²) >= 11 is 1.69. The van der Waals surface area contributed by atoms with Crippen LogP contribution in [-0.2, 0) is 6.54 Å². The predicted molar refractivity (Wildman–Crippen MR) is 79.5 cm³/mol. The minimum absolute atomic E-state index is 0.263. The Balaban J connectivity index is 2.12. The van der Waals surface area contributed by atoms with Crippen molar-refractivity contribution in [2.24, 2.45) is 0 Å². The number of phenolic OH excluding ortho intramolecular Hbond substituents is 1. The molecule has 0 bridgehead atoms. The average molecular weight is 276 g/mol. The summed E-state index contributed by atoms with van der Waals surface area (Å²) in [6, 6.07) is 7.75. The van der Waals surface area contributed by atoms with Crippen LogP contribution in [0.2, 0.25) is 0 Å². The lowest BCUT2D eigenvalue weighted by Crippen LogP contribution is -2.26. The van der Waals surface area contributed by atoms with Gasteiger partial charge in [-0.2, -0.15) is 0 Å². The van der Waals surface area contributed by atoms with Gasteiger partial charge in [-0.25, -0.2) is 4.98 Å². The summed E-state index contributed by atoms with van der Waals surface area (Å²) in [5.41, 5.74) is 2.25. The fourth-order valence-corrected chi connectivity index (χ4v) is 2.81. The minimum Gasteiger partial charge on any atom is -0.508 e. The van der Waals surface area contributed by atoms with Gasteiger partial charge < -0.3 is 5.11 Å². The SMILES string of the molecule is CCN(Cc1csc(C)n1)C(C)c1cccc(O)c1. The van der Waals surface area contributed by atoms with Gasteiger partial charge in [0.25, 0.3) is 0 Å². The molecule has 1 N–H and O–H groups in total. The van der Waals surface area contributed by atoms with Crippen LogP contribution in [0, 0.1) is 6.92 Å². The van der Waals surface area contributed by atoms with Crippen LogP contribution in [-0.4, -0.2) is 21.5 Å². The maximum absolute atomic E-state index is 9.58. The first-order valence-electron chi connectivity index (χ1n) is 6.54. The van der Waals surface area contributed by atoms with Gasteiger partial charge in [-0.15, -0.1) is 11.3 Å². The highest BCUT2D eigenvalue weighted by Gasteiger charge is 2.16. The molecule has 1 atom stereocenters. The number of thiazole rings is 1. The Labute approximate surface area is 118 Å². The number of aromatic nitrogens is 1. The van der Waals surface area contributed by atoms with Gasteiger partial charge in [-0.1, -0.05) is 19.1 Å². The van der Waals surface area contributed by atoms with E-state index in [1.807, 2.05) is 19.1 Å². The minimum atomic E-state index is 0.263. The molecule has 4 heteroatoms. The summed E-state index contributed by atoms with van der Waals surface area (Å²) in [7, 11) is 0. The standard InChI is InChI=1S/C15H20N2OS/c1-4-17(9-14-10-19-12(3)16-14)11(2)13-6-5-7-15(18)8-13/h5-8,10-11,18H,4,9H2,1-3H3. The van der Waals surface area contributed by atoms with Gasteiger partial charge in [0.2, 0.25) is 0 Å². The van der Waals surface area contributed by atoms with Crippen molar-refractivity contribution in [3.63, 3.8) is 0 Å². The first kappa shape index (κ1) is 14.0. The molecule has 2 aromatic rings. The molecular formula is C15H20N2OS. The fourth-order valence-electron chi connectivity index (χ4n) is 2.21. The number of aryl methyl sites for hydroxylation is 1. The van der Waals surface area contributed by atoms with Crippen molar-refractivity contribution in [3.8, 4) is 5.75 Å². The zero-order valence-electron chi connectivity index (χ0n) is 11.6. The third-order valence-corrected chi connectivity index (χ3v) is 4.16. The molecule has 0 saturated carbocycles. The van der Waals surface area contributed by atoms with Crippen LogP contribution < -0.4 is 0 Å². The first-order chi connectivity index (χ1) is 9.10. The van der Waals surface area contributed by atoms with Crippen molar-refractivity contribution >= 4 is 11.3 Å². The Bertz CT molecular complexity index is 538. The molecule has 0 fully saturated rings. The summed E-state index contributed by atoms with van der Waals surface area (Å²) in [6.07, 6.45) is 0. The molecule has 102 valence electrons. The Morgan fingerprint density at radius 1 is 1.42 bits per heavy atom. The normalized spacial score (nSPS) is 12.8. The second-order valence-electron chi connectivity index (χ2n) is 4.69. The molecule has 3 nitrogen and oxygen atoms in total. The van der Waals surface area contributed by atoms with E-state index in [-0.39, 0.29) is 6.04 Å². The highest BCUT2D eigenvalue weighted by molar-refractivity contribution is 7.09. The molecule has 1 aromatic heterocycles. The second kappa shape index (κ2) is 6.17. The van der Waals surface area contributed by atoms with Crippen molar-refractivity contribution in [2.45, 2.75) is 33.4 Å². The van der Waals surface area contributed by atoms with E-state index in [0.717, 1.165) is 29.4 Å². The zero-order valence-corrected chi connectivity index (χ0v) is 12.4. The van der Waals surface area contributed by atoms with E-state index in [0.29, 0.717) is 5.75 Å². The molecule has 1 aromatic carbocycles. The molecule has 0 spiro atoms. The highest BCUT2D eigenvalue weighted by atomic mass is 32.1. The highest BCUT2D eigenvalue weighted by Crippen LogP contribution is 2.25. The molecule has 0 amide bonds. The monoisotopic (exact) mass is 276 g/mol. The number of aromatic hydroxyl groups is 1. The van der Waals surface area contributed by atoms with Gasteiger partial charge in [-0.05, 0) is 38.1 Å². The topological polar surface area (TPSA) is 36.4 Å². The maximum atomic E-state index is 9.58. The molecule has 1 unspecified atom stereocenters. The van der Waals surface area contributed by atoms with E-state index in [9.17, 15) is 5.11 Å². The Kier molecular flexibility index (Phi) is 4.56. The van der Waals surface area contributed by atoms with Crippen LogP contribution in [0.1, 0.15) is 36.2 Å². The largest absolute Gasteiger partial charge is 0.508 e. The first-order valence-corrected chi connectivity index (χ1v) is 7.42. The lowest BCUT2D eigenvalue weighted by molar-refractivity contribution is 0.210. The summed E-state index contributed by atoms with van der Waals surface area (Å²) in [5, 5.41) is 12.8. The van der Waals surface area contributed by atoms with Crippen molar-refractivity contribution in [2.75, 3.05) is 6.54 Å². The Morgan fingerprint density at radius 2 is 2.21 bits per heavy atom. The fraction of sp³-hybridized carbons (Fsp3) is 0.400. The number of nitrogens with zero attached hydrogens (tertiary/aromatic N) is 2. The smallest absolute Gasteiger partial charge is 0.115 e. The third-order valence-electron chi connectivity index (χ3n) is 3.34. The van der Waals surface area contributed by atoms with Crippen molar-refractivity contribution in [1.29, 1.82) is 0 Å². The summed E-state index contributed by atoms with van der Waals surface area (Å²) < 4.78 is 0. The Hall–Kier alpha value is -1.39. The van der Waals surface area contributed by atoms with Gasteiger partial charge in [0.15, 0.2) is 0 Å². The van der Waals surface area contributed by atoms with Crippen LogP contribution in [0.3, 0.4) is 0 Å². The van der Waals surface area contributed by atoms with Gasteiger partial charge in [0.1, 0.15) is 5.75 Å². The van der Waals surface area contributed by atoms with Gasteiger partial charge in [0.05, 0.1) is 10.7 Å². The van der Waals surface area contributed by atoms with Crippen molar-refractivity contribution in [1.82, 2.24) is 9.88 Å². The molecule has 0 aliphatic rings. The van der Waals surface area contributed by atoms with E-state index in [2.05, 4.69) is 35.2 Å². The van der Waals surface area contributed by atoms with Crippen LogP contribution >= 0.6 is 11.3 Å². The van der Waals surface area contributed by atoms with Gasteiger partial charge in [-0.3, -0.25) is 4.90 Å². The zero-order chi connectivity index (χ0) is 13.8. The number of hydrogen-bond donors (Lipinski definition) is 1. The van der Waals surface area contributed by atoms with E-state index < -0.39 is 0 Å². The molecule has 0 aliphatic heterocycles. The van der Waals surface area contributed by atoms with E-state index in [1.54, 1.807) is 17.4 Å². The van der Waals surface area contributed by atoms with Gasteiger partial charge >= 0.3 is 0 Å². The molecule has 2 rings (SSSR count). The van der Waals surface area contributed by atoms with Crippen molar-refractivity contribution in [3.05, 3.63) is 45.9 Å². The van der Waals surface area contributed by atoms with Gasteiger partial charge in [0, 0.05) is 18.0 Å². The summed E-state index contributed by atoms with van der Waals surface area (Å²) in [4.78, 5) is 6.87. The number of hydrogen-bond acceptors (Lipinski definition) is 4. The van der Waals surface area contributed by atoms with Crippen molar-refractivity contribution < 1.29 is 5.11 Å². The number of benzene rings is 1. The van der Waals surface area contributed by atoms with E-state index in [1.165, 1.54) is 0 Å². The quantitative estimate of drug-likeness (QED) is 0.903. The maximum Gasteiger partial charge on any atom is 0.115 e. The predicted octanol–water partition coefficient (Wildman–Crippen LogP) is 3.74.